The van der Waals surface area contributed by atoms with Crippen molar-refractivity contribution in [2.24, 2.45) is 0 Å². The predicted octanol–water partition coefficient (Wildman–Crippen LogP) is 4.28. The molecule has 3 heteroatoms. The Labute approximate surface area is 128 Å². The Hall–Kier alpha value is -1.32. The van der Waals surface area contributed by atoms with Gasteiger partial charge in [-0.15, -0.1) is 0 Å². The molecule has 2 nitrogen and oxygen atoms in total. The van der Waals surface area contributed by atoms with Gasteiger partial charge in [0.25, 0.3) is 0 Å². The van der Waals surface area contributed by atoms with E-state index in [1.54, 1.807) is 0 Å². The van der Waals surface area contributed by atoms with Gasteiger partial charge in [-0.3, -0.25) is 0 Å². The minimum atomic E-state index is 0.584. The summed E-state index contributed by atoms with van der Waals surface area (Å²) in [5.41, 5.74) is 2.47. The van der Waals surface area contributed by atoms with Crippen molar-refractivity contribution in [3.05, 3.63) is 64.1 Å². The van der Waals surface area contributed by atoms with Crippen LogP contribution in [0.4, 0.5) is 0 Å². The molecule has 0 amide bonds. The van der Waals surface area contributed by atoms with E-state index < -0.39 is 0 Å². The summed E-state index contributed by atoms with van der Waals surface area (Å²) in [6, 6.07) is 17.2. The monoisotopic (exact) mass is 331 g/mol. The molecule has 1 saturated carbocycles. The molecular formula is C17H18BrNO. The van der Waals surface area contributed by atoms with Crippen molar-refractivity contribution in [2.75, 3.05) is 0 Å². The van der Waals surface area contributed by atoms with Crippen LogP contribution in [-0.2, 0) is 13.2 Å². The van der Waals surface area contributed by atoms with Gasteiger partial charge in [0.05, 0.1) is 0 Å². The molecule has 0 bridgehead atoms. The number of halogens is 1. The van der Waals surface area contributed by atoms with Crippen LogP contribution < -0.4 is 10.1 Å². The van der Waals surface area contributed by atoms with Gasteiger partial charge in [0, 0.05) is 22.6 Å². The molecule has 0 unspecified atom stereocenters. The van der Waals surface area contributed by atoms with Crippen LogP contribution in [-0.4, -0.2) is 6.04 Å². The Bertz CT molecular complexity index is 563. The smallest absolute Gasteiger partial charge is 0.119 e. The molecule has 1 fully saturated rings. The predicted molar refractivity (Wildman–Crippen MR) is 84.8 cm³/mol. The SMILES string of the molecule is Brc1ccccc1COc1ccc(CNC2CC2)cc1. The lowest BCUT2D eigenvalue weighted by Crippen LogP contribution is -2.15. The lowest BCUT2D eigenvalue weighted by molar-refractivity contribution is 0.305. The van der Waals surface area contributed by atoms with Crippen LogP contribution in [0.15, 0.2) is 53.0 Å². The summed E-state index contributed by atoms with van der Waals surface area (Å²) in [5, 5.41) is 3.51. The highest BCUT2D eigenvalue weighted by atomic mass is 79.9. The molecule has 0 radical (unpaired) electrons. The number of benzene rings is 2. The van der Waals surface area contributed by atoms with E-state index in [1.165, 1.54) is 18.4 Å². The van der Waals surface area contributed by atoms with Gasteiger partial charge >= 0.3 is 0 Å². The van der Waals surface area contributed by atoms with Crippen LogP contribution in [0.3, 0.4) is 0 Å². The molecule has 20 heavy (non-hydrogen) atoms. The zero-order valence-corrected chi connectivity index (χ0v) is 12.9. The van der Waals surface area contributed by atoms with Gasteiger partial charge in [-0.1, -0.05) is 46.3 Å². The van der Waals surface area contributed by atoms with Crippen LogP contribution in [0.25, 0.3) is 0 Å². The van der Waals surface area contributed by atoms with E-state index in [-0.39, 0.29) is 0 Å². The fourth-order valence-corrected chi connectivity index (χ4v) is 2.43. The highest BCUT2D eigenvalue weighted by molar-refractivity contribution is 9.10. The second-order valence-corrected chi connectivity index (χ2v) is 6.03. The first-order valence-corrected chi connectivity index (χ1v) is 7.79. The van der Waals surface area contributed by atoms with Crippen LogP contribution >= 0.6 is 15.9 Å². The molecule has 0 aliphatic heterocycles. The Morgan fingerprint density at radius 3 is 2.50 bits per heavy atom. The van der Waals surface area contributed by atoms with Crippen molar-refractivity contribution in [3.8, 4) is 5.75 Å². The highest BCUT2D eigenvalue weighted by Crippen LogP contribution is 2.21. The van der Waals surface area contributed by atoms with Crippen molar-refractivity contribution in [2.45, 2.75) is 32.0 Å². The topological polar surface area (TPSA) is 21.3 Å². The first kappa shape index (κ1) is 13.7. The lowest BCUT2D eigenvalue weighted by atomic mass is 10.2. The van der Waals surface area contributed by atoms with Crippen LogP contribution in [0.5, 0.6) is 5.75 Å². The number of hydrogen-bond acceptors (Lipinski definition) is 2. The van der Waals surface area contributed by atoms with E-state index >= 15 is 0 Å². The summed E-state index contributed by atoms with van der Waals surface area (Å²) in [6.07, 6.45) is 2.65. The number of rotatable bonds is 6. The summed E-state index contributed by atoms with van der Waals surface area (Å²) in [4.78, 5) is 0. The summed E-state index contributed by atoms with van der Waals surface area (Å²) in [6.45, 7) is 1.54. The first-order valence-electron chi connectivity index (χ1n) is 7.00. The molecule has 0 aromatic heterocycles. The molecule has 2 aromatic carbocycles. The van der Waals surface area contributed by atoms with Crippen molar-refractivity contribution in [3.63, 3.8) is 0 Å². The Kier molecular flexibility index (Phi) is 4.38. The Balaban J connectivity index is 1.53. The van der Waals surface area contributed by atoms with Crippen molar-refractivity contribution < 1.29 is 4.74 Å². The molecule has 0 atom stereocenters. The van der Waals surface area contributed by atoms with E-state index in [2.05, 4.69) is 39.4 Å². The first-order chi connectivity index (χ1) is 9.81. The van der Waals surface area contributed by atoms with Gasteiger partial charge < -0.3 is 10.1 Å². The van der Waals surface area contributed by atoms with Crippen molar-refractivity contribution in [1.29, 1.82) is 0 Å². The maximum Gasteiger partial charge on any atom is 0.119 e. The van der Waals surface area contributed by atoms with Crippen molar-refractivity contribution in [1.82, 2.24) is 5.32 Å². The molecule has 104 valence electrons. The van der Waals surface area contributed by atoms with E-state index in [1.807, 2.05) is 30.3 Å². The highest BCUT2D eigenvalue weighted by Gasteiger charge is 2.19. The van der Waals surface area contributed by atoms with Gasteiger partial charge in [0.2, 0.25) is 0 Å². The fourth-order valence-electron chi connectivity index (χ4n) is 2.03. The average Bonchev–Trinajstić information content (AvgIpc) is 3.30. The van der Waals surface area contributed by atoms with Crippen molar-refractivity contribution >= 4 is 15.9 Å². The summed E-state index contributed by atoms with van der Waals surface area (Å²) in [5.74, 6) is 0.913. The Morgan fingerprint density at radius 1 is 1.05 bits per heavy atom. The van der Waals surface area contributed by atoms with Crippen LogP contribution in [0, 0.1) is 0 Å². The number of hydrogen-bond donors (Lipinski definition) is 1. The van der Waals surface area contributed by atoms with E-state index in [9.17, 15) is 0 Å². The zero-order chi connectivity index (χ0) is 13.8. The maximum absolute atomic E-state index is 5.82. The molecular weight excluding hydrogens is 314 g/mol. The molecule has 1 aliphatic rings. The molecule has 3 rings (SSSR count). The maximum atomic E-state index is 5.82. The minimum absolute atomic E-state index is 0.584. The fraction of sp³-hybridized carbons (Fsp3) is 0.294. The zero-order valence-electron chi connectivity index (χ0n) is 11.3. The summed E-state index contributed by atoms with van der Waals surface area (Å²) >= 11 is 3.53. The molecule has 2 aromatic rings. The second kappa shape index (κ2) is 6.42. The molecule has 1 N–H and O–H groups in total. The van der Waals surface area contributed by atoms with Gasteiger partial charge in [-0.2, -0.15) is 0 Å². The minimum Gasteiger partial charge on any atom is -0.489 e. The van der Waals surface area contributed by atoms with E-state index in [0.29, 0.717) is 6.61 Å². The van der Waals surface area contributed by atoms with Crippen LogP contribution in [0.1, 0.15) is 24.0 Å². The van der Waals surface area contributed by atoms with Gasteiger partial charge in [-0.05, 0) is 36.6 Å². The lowest BCUT2D eigenvalue weighted by Gasteiger charge is -2.09. The Morgan fingerprint density at radius 2 is 1.80 bits per heavy atom. The quantitative estimate of drug-likeness (QED) is 0.852. The van der Waals surface area contributed by atoms with Gasteiger partial charge in [0.15, 0.2) is 0 Å². The van der Waals surface area contributed by atoms with Gasteiger partial charge in [-0.25, -0.2) is 0 Å². The molecule has 1 aliphatic carbocycles. The number of nitrogens with one attached hydrogen (secondary N) is 1. The third-order valence-electron chi connectivity index (χ3n) is 3.45. The van der Waals surface area contributed by atoms with Gasteiger partial charge in [0.1, 0.15) is 12.4 Å². The second-order valence-electron chi connectivity index (χ2n) is 5.18. The number of ether oxygens (including phenoxy) is 1. The van der Waals surface area contributed by atoms with E-state index in [4.69, 9.17) is 4.74 Å². The summed E-state index contributed by atoms with van der Waals surface area (Å²) in [7, 11) is 0. The van der Waals surface area contributed by atoms with Crippen LogP contribution in [0.2, 0.25) is 0 Å². The third kappa shape index (κ3) is 3.84. The summed E-state index contributed by atoms with van der Waals surface area (Å²) < 4.78 is 6.90. The molecule has 0 saturated heterocycles. The third-order valence-corrected chi connectivity index (χ3v) is 4.22. The molecule has 0 heterocycles. The van der Waals surface area contributed by atoms with E-state index in [0.717, 1.165) is 28.4 Å². The standard InChI is InChI=1S/C17H18BrNO/c18-17-4-2-1-3-14(17)12-20-16-9-5-13(6-10-16)11-19-15-7-8-15/h1-6,9-10,15,19H,7-8,11-12H2. The largest absolute Gasteiger partial charge is 0.489 e. The average molecular weight is 332 g/mol. The molecule has 0 spiro atoms. The normalized spacial score (nSPS) is 14.2.